The van der Waals surface area contributed by atoms with E-state index in [0.29, 0.717) is 62.7 Å². The minimum atomic E-state index is -3.86. The predicted octanol–water partition coefficient (Wildman–Crippen LogP) is 2.05. The van der Waals surface area contributed by atoms with Crippen LogP contribution >= 0.6 is 0 Å². The molecule has 2 heterocycles. The number of carbonyl (C=O) groups is 1. The lowest BCUT2D eigenvalue weighted by Crippen LogP contribution is -2.43. The van der Waals surface area contributed by atoms with Crippen molar-refractivity contribution in [1.29, 1.82) is 0 Å². The molecule has 1 aromatic rings. The fourth-order valence-electron chi connectivity index (χ4n) is 3.64. The molecule has 3 rings (SSSR count). The first-order valence-corrected chi connectivity index (χ1v) is 11.4. The third-order valence-electron chi connectivity index (χ3n) is 5.13. The van der Waals surface area contributed by atoms with Gasteiger partial charge >= 0.3 is 6.03 Å². The van der Waals surface area contributed by atoms with Gasteiger partial charge < -0.3 is 19.9 Å². The molecule has 0 unspecified atom stereocenters. The summed E-state index contributed by atoms with van der Waals surface area (Å²) in [5.41, 5.74) is 0.957. The summed E-state index contributed by atoms with van der Waals surface area (Å²) in [5.74, 6) is -0.0293. The number of amidine groups is 1. The highest BCUT2D eigenvalue weighted by Crippen LogP contribution is 2.33. The van der Waals surface area contributed by atoms with E-state index in [1.807, 2.05) is 4.90 Å². The Balaban J connectivity index is 1.70. The molecule has 10 heteroatoms. The number of urea groups is 1. The Kier molecular flexibility index (Phi) is 7.09. The lowest BCUT2D eigenvalue weighted by Gasteiger charge is -2.24. The van der Waals surface area contributed by atoms with Crippen LogP contribution in [0, 0.1) is 5.82 Å². The van der Waals surface area contributed by atoms with Gasteiger partial charge in [-0.3, -0.25) is 0 Å². The van der Waals surface area contributed by atoms with Gasteiger partial charge in [-0.05, 0) is 37.5 Å². The maximum absolute atomic E-state index is 13.2. The monoisotopic (exact) mass is 438 g/mol. The van der Waals surface area contributed by atoms with Crippen LogP contribution < -0.4 is 5.32 Å². The average molecular weight is 439 g/mol. The number of hydrogen-bond acceptors (Lipinski definition) is 5. The molecule has 164 valence electrons. The van der Waals surface area contributed by atoms with Gasteiger partial charge in [0.05, 0.1) is 0 Å². The lowest BCUT2D eigenvalue weighted by molar-refractivity contribution is 0.186. The Morgan fingerprint density at radius 2 is 1.93 bits per heavy atom. The number of hydrogen-bond donors (Lipinski definition) is 1. The average Bonchev–Trinajstić information content (AvgIpc) is 2.87. The summed E-state index contributed by atoms with van der Waals surface area (Å²) in [5, 5.41) is 2.88. The molecule has 0 atom stereocenters. The highest BCUT2D eigenvalue weighted by atomic mass is 32.2. The molecule has 8 nitrogen and oxygen atoms in total. The van der Waals surface area contributed by atoms with Crippen molar-refractivity contribution in [3.05, 3.63) is 41.2 Å². The third-order valence-corrected chi connectivity index (χ3v) is 6.60. The van der Waals surface area contributed by atoms with Crippen molar-refractivity contribution in [2.75, 3.05) is 46.4 Å². The molecule has 1 saturated heterocycles. The fraction of sp³-hybridized carbons (Fsp3) is 0.500. The van der Waals surface area contributed by atoms with Crippen molar-refractivity contribution >= 4 is 26.8 Å². The van der Waals surface area contributed by atoms with Crippen LogP contribution in [0.15, 0.2) is 34.2 Å². The number of methoxy groups -OCH3 is 1. The third kappa shape index (κ3) is 4.99. The Morgan fingerprint density at radius 3 is 2.63 bits per heavy atom. The van der Waals surface area contributed by atoms with Crippen LogP contribution in [0.4, 0.5) is 9.18 Å². The van der Waals surface area contributed by atoms with Crippen LogP contribution in [-0.4, -0.2) is 76.5 Å². The number of ether oxygens (including phenoxy) is 1. The summed E-state index contributed by atoms with van der Waals surface area (Å²) in [4.78, 5) is 16.1. The summed E-state index contributed by atoms with van der Waals surface area (Å²) in [6.07, 6.45) is 1.44. The van der Waals surface area contributed by atoms with E-state index in [2.05, 4.69) is 9.71 Å². The van der Waals surface area contributed by atoms with Gasteiger partial charge in [-0.15, -0.1) is 4.40 Å². The molecule has 2 amide bonds. The van der Waals surface area contributed by atoms with Crippen molar-refractivity contribution in [3.63, 3.8) is 0 Å². The van der Waals surface area contributed by atoms with Gasteiger partial charge in [0, 0.05) is 52.0 Å². The molecule has 0 aliphatic carbocycles. The van der Waals surface area contributed by atoms with Gasteiger partial charge in [-0.2, -0.15) is 8.42 Å². The molecule has 0 bridgehead atoms. The van der Waals surface area contributed by atoms with Crippen molar-refractivity contribution in [2.24, 2.45) is 4.40 Å². The molecular weight excluding hydrogens is 411 g/mol. The Bertz CT molecular complexity index is 944. The van der Waals surface area contributed by atoms with E-state index in [-0.39, 0.29) is 10.9 Å². The molecule has 1 aromatic carbocycles. The van der Waals surface area contributed by atoms with Gasteiger partial charge in [0.15, 0.2) is 0 Å². The van der Waals surface area contributed by atoms with Crippen LogP contribution in [0.3, 0.4) is 0 Å². The van der Waals surface area contributed by atoms with Crippen LogP contribution in [0.5, 0.6) is 0 Å². The Labute approximate surface area is 176 Å². The standard InChI is InChI=1S/C20H27FN4O4S/c1-15-18(16-5-7-17(21)8-6-16)30(27,28)23-19(15)24-10-4-11-25(13-12-24)20(26)22-9-3-14-29-2/h5-8H,3-4,9-14H2,1-2H3,(H,22,26). The molecule has 30 heavy (non-hydrogen) atoms. The van der Waals surface area contributed by atoms with Gasteiger partial charge in [-0.1, -0.05) is 12.1 Å². The Hall–Kier alpha value is -2.46. The zero-order chi connectivity index (χ0) is 21.7. The van der Waals surface area contributed by atoms with Crippen molar-refractivity contribution in [2.45, 2.75) is 19.8 Å². The number of carbonyl (C=O) groups excluding carboxylic acids is 1. The minimum Gasteiger partial charge on any atom is -0.385 e. The highest BCUT2D eigenvalue weighted by molar-refractivity contribution is 8.00. The first kappa shape index (κ1) is 22.2. The summed E-state index contributed by atoms with van der Waals surface area (Å²) in [6, 6.07) is 5.23. The molecule has 0 spiro atoms. The SMILES string of the molecule is COCCCNC(=O)N1CCCN(C2=NS(=O)(=O)C(c3ccc(F)cc3)=C2C)CC1. The maximum Gasteiger partial charge on any atom is 0.317 e. The number of rotatable bonds is 5. The van der Waals surface area contributed by atoms with Crippen molar-refractivity contribution in [3.8, 4) is 0 Å². The predicted molar refractivity (Wildman–Crippen MR) is 113 cm³/mol. The summed E-state index contributed by atoms with van der Waals surface area (Å²) in [6.45, 7) is 4.97. The molecule has 2 aliphatic rings. The second kappa shape index (κ2) is 9.57. The quantitative estimate of drug-likeness (QED) is 0.711. The molecule has 1 fully saturated rings. The first-order chi connectivity index (χ1) is 14.3. The number of sulfonamides is 1. The molecular formula is C20H27FN4O4S. The number of amides is 2. The van der Waals surface area contributed by atoms with Gasteiger partial charge in [0.2, 0.25) is 0 Å². The van der Waals surface area contributed by atoms with E-state index < -0.39 is 15.8 Å². The second-order valence-corrected chi connectivity index (χ2v) is 8.80. The largest absolute Gasteiger partial charge is 0.385 e. The van der Waals surface area contributed by atoms with E-state index in [9.17, 15) is 17.6 Å². The van der Waals surface area contributed by atoms with Crippen molar-refractivity contribution < 1.29 is 22.3 Å². The van der Waals surface area contributed by atoms with Gasteiger partial charge in [-0.25, -0.2) is 9.18 Å². The lowest BCUT2D eigenvalue weighted by atomic mass is 10.1. The van der Waals surface area contributed by atoms with Crippen molar-refractivity contribution in [1.82, 2.24) is 15.1 Å². The van der Waals surface area contributed by atoms with Gasteiger partial charge in [0.25, 0.3) is 10.0 Å². The normalized spacial score (nSPS) is 19.0. The topological polar surface area (TPSA) is 91.3 Å². The number of nitrogens with one attached hydrogen (secondary N) is 1. The molecule has 0 aromatic heterocycles. The molecule has 1 N–H and O–H groups in total. The number of nitrogens with zero attached hydrogens (tertiary/aromatic N) is 3. The van der Waals surface area contributed by atoms with E-state index in [0.717, 1.165) is 6.42 Å². The second-order valence-electron chi connectivity index (χ2n) is 7.26. The summed E-state index contributed by atoms with van der Waals surface area (Å²) < 4.78 is 47.6. The summed E-state index contributed by atoms with van der Waals surface area (Å²) in [7, 11) is -2.24. The molecule has 0 saturated carbocycles. The molecule has 0 radical (unpaired) electrons. The van der Waals surface area contributed by atoms with E-state index in [1.165, 1.54) is 24.3 Å². The number of benzene rings is 1. The zero-order valence-corrected chi connectivity index (χ0v) is 18.0. The molecule has 2 aliphatic heterocycles. The smallest absolute Gasteiger partial charge is 0.317 e. The van der Waals surface area contributed by atoms with Crippen LogP contribution in [0.1, 0.15) is 25.3 Å². The van der Waals surface area contributed by atoms with E-state index >= 15 is 0 Å². The number of halogens is 1. The maximum atomic E-state index is 13.2. The van der Waals surface area contributed by atoms with Crippen LogP contribution in [0.2, 0.25) is 0 Å². The first-order valence-electron chi connectivity index (χ1n) is 9.92. The van der Waals surface area contributed by atoms with E-state index in [4.69, 9.17) is 4.74 Å². The van der Waals surface area contributed by atoms with Crippen LogP contribution in [0.25, 0.3) is 4.91 Å². The highest BCUT2D eigenvalue weighted by Gasteiger charge is 2.34. The van der Waals surface area contributed by atoms with Crippen LogP contribution in [-0.2, 0) is 14.8 Å². The zero-order valence-electron chi connectivity index (χ0n) is 17.2. The minimum absolute atomic E-state index is 0.106. The summed E-state index contributed by atoms with van der Waals surface area (Å²) >= 11 is 0. The fourth-order valence-corrected chi connectivity index (χ4v) is 5.12. The van der Waals surface area contributed by atoms with E-state index in [1.54, 1.807) is 18.9 Å². The van der Waals surface area contributed by atoms with Gasteiger partial charge in [0.1, 0.15) is 16.6 Å². The Morgan fingerprint density at radius 1 is 1.20 bits per heavy atom.